The van der Waals surface area contributed by atoms with E-state index in [2.05, 4.69) is 21.2 Å². The second-order valence-electron chi connectivity index (χ2n) is 5.18. The van der Waals surface area contributed by atoms with Gasteiger partial charge in [0.2, 0.25) is 5.91 Å². The molecule has 2 aromatic carbocycles. The lowest BCUT2D eigenvalue weighted by Gasteiger charge is -2.06. The van der Waals surface area contributed by atoms with Crippen LogP contribution in [0.3, 0.4) is 0 Å². The van der Waals surface area contributed by atoms with Gasteiger partial charge in [-0.05, 0) is 42.0 Å². The van der Waals surface area contributed by atoms with Gasteiger partial charge in [0, 0.05) is 18.3 Å². The minimum Gasteiger partial charge on any atom is -0.497 e. The number of rotatable bonds is 7. The molecule has 2 amide bonds. The van der Waals surface area contributed by atoms with Crippen molar-refractivity contribution in [3.63, 3.8) is 0 Å². The Morgan fingerprint density at radius 3 is 2.28 bits per heavy atom. The van der Waals surface area contributed by atoms with Crippen LogP contribution >= 0.6 is 0 Å². The summed E-state index contributed by atoms with van der Waals surface area (Å²) >= 11 is 0. The van der Waals surface area contributed by atoms with Crippen LogP contribution in [-0.2, 0) is 9.59 Å². The zero-order valence-corrected chi connectivity index (χ0v) is 14.1. The maximum Gasteiger partial charge on any atom is 0.259 e. The number of carbonyl (C=O) groups excluding carboxylic acids is 2. The van der Waals surface area contributed by atoms with Crippen LogP contribution in [0.4, 0.5) is 11.4 Å². The molecule has 25 heavy (non-hydrogen) atoms. The summed E-state index contributed by atoms with van der Waals surface area (Å²) in [5.74, 6) is 0.365. The Balaban J connectivity index is 1.76. The predicted molar refractivity (Wildman–Crippen MR) is 98.0 cm³/mol. The molecule has 0 saturated heterocycles. The molecule has 0 aliphatic heterocycles. The highest BCUT2D eigenvalue weighted by Gasteiger charge is 2.00. The highest BCUT2D eigenvalue weighted by molar-refractivity contribution is 5.89. The molecule has 0 atom stereocenters. The average molecular weight is 340 g/mol. The van der Waals surface area contributed by atoms with Crippen LogP contribution in [0.1, 0.15) is 12.5 Å². The normalized spacial score (nSPS) is 10.3. The van der Waals surface area contributed by atoms with E-state index in [9.17, 15) is 9.59 Å². The van der Waals surface area contributed by atoms with Crippen molar-refractivity contribution >= 4 is 29.4 Å². The van der Waals surface area contributed by atoms with E-state index in [0.29, 0.717) is 5.69 Å². The quantitative estimate of drug-likeness (QED) is 0.532. The number of ether oxygens (including phenoxy) is 1. The smallest absolute Gasteiger partial charge is 0.259 e. The van der Waals surface area contributed by atoms with Crippen molar-refractivity contribution in [3.8, 4) is 5.75 Å². The molecular formula is C18H20N4O3. The molecule has 2 rings (SSSR count). The summed E-state index contributed by atoms with van der Waals surface area (Å²) in [5.41, 5.74) is 4.77. The molecule has 0 aliphatic carbocycles. The van der Waals surface area contributed by atoms with E-state index in [-0.39, 0.29) is 18.4 Å². The Labute approximate surface area is 146 Å². The fourth-order valence-electron chi connectivity index (χ4n) is 1.97. The van der Waals surface area contributed by atoms with Gasteiger partial charge in [-0.3, -0.25) is 9.59 Å². The molecule has 7 heteroatoms. The van der Waals surface area contributed by atoms with Gasteiger partial charge in [-0.25, -0.2) is 5.43 Å². The number of anilines is 2. The van der Waals surface area contributed by atoms with Crippen LogP contribution in [0.5, 0.6) is 5.75 Å². The van der Waals surface area contributed by atoms with E-state index < -0.39 is 0 Å². The van der Waals surface area contributed by atoms with Crippen molar-refractivity contribution in [2.75, 3.05) is 24.3 Å². The number of hydrogen-bond acceptors (Lipinski definition) is 5. The first-order chi connectivity index (χ1) is 12.1. The number of methoxy groups -OCH3 is 1. The average Bonchev–Trinajstić information content (AvgIpc) is 2.61. The van der Waals surface area contributed by atoms with E-state index in [1.165, 1.54) is 13.1 Å². The van der Waals surface area contributed by atoms with Gasteiger partial charge in [0.1, 0.15) is 5.75 Å². The fraction of sp³-hybridized carbons (Fsp3) is 0.167. The van der Waals surface area contributed by atoms with Gasteiger partial charge in [-0.1, -0.05) is 12.1 Å². The topological polar surface area (TPSA) is 91.8 Å². The third-order valence-corrected chi connectivity index (χ3v) is 3.18. The summed E-state index contributed by atoms with van der Waals surface area (Å²) in [7, 11) is 1.60. The first kappa shape index (κ1) is 18.0. The van der Waals surface area contributed by atoms with E-state index >= 15 is 0 Å². The molecule has 0 spiro atoms. The number of benzene rings is 2. The molecule has 130 valence electrons. The van der Waals surface area contributed by atoms with Gasteiger partial charge in [-0.15, -0.1) is 0 Å². The number of hydrazone groups is 1. The van der Waals surface area contributed by atoms with Crippen molar-refractivity contribution in [2.24, 2.45) is 5.10 Å². The van der Waals surface area contributed by atoms with Crippen molar-refractivity contribution in [3.05, 3.63) is 54.1 Å². The van der Waals surface area contributed by atoms with Gasteiger partial charge >= 0.3 is 0 Å². The first-order valence-corrected chi connectivity index (χ1v) is 7.64. The largest absolute Gasteiger partial charge is 0.497 e. The lowest BCUT2D eigenvalue weighted by molar-refractivity contribution is -0.119. The SMILES string of the molecule is COc1ccc(NCC(=O)N/N=C/c2ccc(NC(C)=O)cc2)cc1. The maximum absolute atomic E-state index is 11.7. The standard InChI is InChI=1S/C18H20N4O3/c1-13(23)21-16-5-3-14(4-6-16)11-20-22-18(24)12-19-15-7-9-17(25-2)10-8-15/h3-11,19H,12H2,1-2H3,(H,21,23)(H,22,24)/b20-11+. The molecule has 0 heterocycles. The molecule has 0 fully saturated rings. The monoisotopic (exact) mass is 340 g/mol. The van der Waals surface area contributed by atoms with Crippen molar-refractivity contribution < 1.29 is 14.3 Å². The minimum absolute atomic E-state index is 0.102. The molecule has 3 N–H and O–H groups in total. The summed E-state index contributed by atoms with van der Waals surface area (Å²) < 4.78 is 5.07. The first-order valence-electron chi connectivity index (χ1n) is 7.64. The van der Waals surface area contributed by atoms with E-state index in [0.717, 1.165) is 17.0 Å². The number of hydrogen-bond donors (Lipinski definition) is 3. The Hall–Kier alpha value is -3.35. The van der Waals surface area contributed by atoms with Crippen LogP contribution in [0, 0.1) is 0 Å². The molecule has 0 aliphatic rings. The van der Waals surface area contributed by atoms with Gasteiger partial charge in [-0.2, -0.15) is 5.10 Å². The Kier molecular flexibility index (Phi) is 6.53. The van der Waals surface area contributed by atoms with Crippen molar-refractivity contribution in [1.82, 2.24) is 5.43 Å². The lowest BCUT2D eigenvalue weighted by atomic mass is 10.2. The number of carbonyl (C=O) groups is 2. The molecule has 0 radical (unpaired) electrons. The summed E-state index contributed by atoms with van der Waals surface area (Å²) in [6, 6.07) is 14.4. The lowest BCUT2D eigenvalue weighted by Crippen LogP contribution is -2.25. The van der Waals surface area contributed by atoms with E-state index in [4.69, 9.17) is 4.74 Å². The molecule has 0 bridgehead atoms. The van der Waals surface area contributed by atoms with Gasteiger partial charge < -0.3 is 15.4 Å². The highest BCUT2D eigenvalue weighted by Crippen LogP contribution is 2.14. The van der Waals surface area contributed by atoms with Crippen LogP contribution in [0.15, 0.2) is 53.6 Å². The second kappa shape index (κ2) is 9.07. The summed E-state index contributed by atoms with van der Waals surface area (Å²) in [6.07, 6.45) is 1.53. The maximum atomic E-state index is 11.7. The molecule has 0 saturated carbocycles. The number of nitrogens with one attached hydrogen (secondary N) is 3. The summed E-state index contributed by atoms with van der Waals surface area (Å²) in [4.78, 5) is 22.7. The van der Waals surface area contributed by atoms with Crippen LogP contribution in [0.2, 0.25) is 0 Å². The molecule has 0 unspecified atom stereocenters. The third-order valence-electron chi connectivity index (χ3n) is 3.18. The molecule has 2 aromatic rings. The Morgan fingerprint density at radius 2 is 1.68 bits per heavy atom. The highest BCUT2D eigenvalue weighted by atomic mass is 16.5. The predicted octanol–water partition coefficient (Wildman–Crippen LogP) is 2.22. The van der Waals surface area contributed by atoms with Crippen molar-refractivity contribution in [1.29, 1.82) is 0 Å². The number of amides is 2. The van der Waals surface area contributed by atoms with E-state index in [1.807, 2.05) is 24.3 Å². The van der Waals surface area contributed by atoms with Crippen LogP contribution in [0.25, 0.3) is 0 Å². The second-order valence-corrected chi connectivity index (χ2v) is 5.18. The zero-order chi connectivity index (χ0) is 18.1. The third kappa shape index (κ3) is 6.34. The Bertz CT molecular complexity index is 740. The summed E-state index contributed by atoms with van der Waals surface area (Å²) in [6.45, 7) is 1.55. The van der Waals surface area contributed by atoms with Gasteiger partial charge in [0.05, 0.1) is 19.9 Å². The molecule has 0 aromatic heterocycles. The zero-order valence-electron chi connectivity index (χ0n) is 14.1. The minimum atomic E-state index is -0.262. The van der Waals surface area contributed by atoms with Crippen LogP contribution in [-0.4, -0.2) is 31.7 Å². The Morgan fingerprint density at radius 1 is 1.04 bits per heavy atom. The van der Waals surface area contributed by atoms with Crippen LogP contribution < -0.4 is 20.8 Å². The molecular weight excluding hydrogens is 320 g/mol. The molecule has 7 nitrogen and oxygen atoms in total. The fourth-order valence-corrected chi connectivity index (χ4v) is 1.97. The van der Waals surface area contributed by atoms with Gasteiger partial charge in [0.15, 0.2) is 0 Å². The van der Waals surface area contributed by atoms with Gasteiger partial charge in [0.25, 0.3) is 5.91 Å². The number of nitrogens with zero attached hydrogens (tertiary/aromatic N) is 1. The summed E-state index contributed by atoms with van der Waals surface area (Å²) in [5, 5.41) is 9.56. The van der Waals surface area contributed by atoms with Crippen molar-refractivity contribution in [2.45, 2.75) is 6.92 Å². The van der Waals surface area contributed by atoms with E-state index in [1.54, 1.807) is 31.4 Å².